The van der Waals surface area contributed by atoms with Crippen LogP contribution in [0, 0.1) is 0 Å². The number of imidazole rings is 1. The summed E-state index contributed by atoms with van der Waals surface area (Å²) in [5.74, 6) is 0.980. The van der Waals surface area contributed by atoms with Gasteiger partial charge in [0.15, 0.2) is 11.5 Å². The molecule has 18 heavy (non-hydrogen) atoms. The van der Waals surface area contributed by atoms with Crippen LogP contribution in [0.2, 0.25) is 0 Å². The largest absolute Gasteiger partial charge is 0.351 e. The molecule has 0 aliphatic carbocycles. The Bertz CT molecular complexity index is 560. The summed E-state index contributed by atoms with van der Waals surface area (Å²) >= 11 is 5.52. The van der Waals surface area contributed by atoms with Crippen LogP contribution >= 0.6 is 27.7 Å². The molecule has 1 fully saturated rings. The Hall–Kier alpha value is -0.750. The van der Waals surface area contributed by atoms with Gasteiger partial charge in [-0.25, -0.2) is 9.97 Å². The van der Waals surface area contributed by atoms with E-state index in [1.54, 1.807) is 0 Å². The number of hydrogen-bond donors (Lipinski definition) is 0. The number of rotatable bonds is 1. The molecule has 2 atom stereocenters. The minimum absolute atomic E-state index is 0.629. The van der Waals surface area contributed by atoms with E-state index in [9.17, 15) is 0 Å². The zero-order valence-electron chi connectivity index (χ0n) is 10.4. The Morgan fingerprint density at radius 3 is 2.78 bits per heavy atom. The summed E-state index contributed by atoms with van der Waals surface area (Å²) in [5, 5.41) is 1.26. The molecule has 0 saturated carbocycles. The van der Waals surface area contributed by atoms with Gasteiger partial charge >= 0.3 is 0 Å². The monoisotopic (exact) mass is 326 g/mol. The van der Waals surface area contributed by atoms with Crippen molar-refractivity contribution in [1.82, 2.24) is 14.4 Å². The second-order valence-electron chi connectivity index (χ2n) is 4.71. The smallest absolute Gasteiger partial charge is 0.180 e. The van der Waals surface area contributed by atoms with Crippen molar-refractivity contribution in [3.05, 3.63) is 23.2 Å². The zero-order chi connectivity index (χ0) is 12.7. The molecule has 0 bridgehead atoms. The Labute approximate surface area is 119 Å². The van der Waals surface area contributed by atoms with Crippen LogP contribution in [0.15, 0.2) is 23.2 Å². The standard InChI is InChI=1S/C12H15BrN4S/c1-8-5-17(6-9(2)18-8)12-11-14-3-4-16(11)7-10(13)15-12/h3-4,7-9H,5-6H2,1-2H3. The van der Waals surface area contributed by atoms with Gasteiger partial charge in [0.25, 0.3) is 0 Å². The first kappa shape index (κ1) is 12.3. The fourth-order valence-electron chi connectivity index (χ4n) is 2.45. The van der Waals surface area contributed by atoms with Gasteiger partial charge in [-0.2, -0.15) is 11.8 Å². The van der Waals surface area contributed by atoms with E-state index in [4.69, 9.17) is 0 Å². The van der Waals surface area contributed by atoms with Gasteiger partial charge in [0.2, 0.25) is 0 Å². The van der Waals surface area contributed by atoms with Gasteiger partial charge in [0, 0.05) is 42.2 Å². The minimum Gasteiger partial charge on any atom is -0.351 e. The number of thioether (sulfide) groups is 1. The number of nitrogens with zero attached hydrogens (tertiary/aromatic N) is 4. The number of hydrogen-bond acceptors (Lipinski definition) is 4. The quantitative estimate of drug-likeness (QED) is 0.806. The molecule has 3 rings (SSSR count). The van der Waals surface area contributed by atoms with Crippen molar-refractivity contribution in [2.24, 2.45) is 0 Å². The Balaban J connectivity index is 2.05. The van der Waals surface area contributed by atoms with E-state index in [1.807, 2.05) is 34.8 Å². The first-order valence-corrected chi connectivity index (χ1v) is 7.76. The molecule has 0 N–H and O–H groups in total. The summed E-state index contributed by atoms with van der Waals surface area (Å²) in [7, 11) is 0. The van der Waals surface area contributed by atoms with E-state index in [0.717, 1.165) is 29.2 Å². The predicted molar refractivity (Wildman–Crippen MR) is 79.4 cm³/mol. The second-order valence-corrected chi connectivity index (χ2v) is 7.40. The van der Waals surface area contributed by atoms with E-state index in [0.29, 0.717) is 10.5 Å². The minimum atomic E-state index is 0.629. The van der Waals surface area contributed by atoms with E-state index in [-0.39, 0.29) is 0 Å². The number of anilines is 1. The molecule has 1 saturated heterocycles. The third-order valence-electron chi connectivity index (χ3n) is 3.05. The summed E-state index contributed by atoms with van der Waals surface area (Å²) in [4.78, 5) is 11.4. The van der Waals surface area contributed by atoms with Crippen molar-refractivity contribution in [2.45, 2.75) is 24.3 Å². The fraction of sp³-hybridized carbons (Fsp3) is 0.500. The maximum Gasteiger partial charge on any atom is 0.180 e. The first-order chi connectivity index (χ1) is 8.63. The van der Waals surface area contributed by atoms with Crippen molar-refractivity contribution >= 4 is 39.2 Å². The van der Waals surface area contributed by atoms with Gasteiger partial charge in [-0.05, 0) is 15.9 Å². The molecular formula is C12H15BrN4S. The van der Waals surface area contributed by atoms with Gasteiger partial charge in [0.05, 0.1) is 0 Å². The zero-order valence-corrected chi connectivity index (χ0v) is 12.8. The third-order valence-corrected chi connectivity index (χ3v) is 4.66. The maximum absolute atomic E-state index is 4.62. The first-order valence-electron chi connectivity index (χ1n) is 6.03. The van der Waals surface area contributed by atoms with Crippen LogP contribution in [-0.4, -0.2) is 38.0 Å². The van der Waals surface area contributed by atoms with E-state index in [1.165, 1.54) is 0 Å². The van der Waals surface area contributed by atoms with E-state index in [2.05, 4.69) is 44.6 Å². The summed E-state index contributed by atoms with van der Waals surface area (Å²) < 4.78 is 2.87. The normalized spacial score (nSPS) is 24.7. The molecule has 2 aromatic heterocycles. The molecule has 6 heteroatoms. The van der Waals surface area contributed by atoms with Crippen molar-refractivity contribution in [1.29, 1.82) is 0 Å². The maximum atomic E-state index is 4.62. The highest BCUT2D eigenvalue weighted by molar-refractivity contribution is 9.10. The van der Waals surface area contributed by atoms with Crippen LogP contribution in [0.3, 0.4) is 0 Å². The lowest BCUT2D eigenvalue weighted by Crippen LogP contribution is -2.41. The molecule has 4 nitrogen and oxygen atoms in total. The lowest BCUT2D eigenvalue weighted by atomic mass is 10.3. The number of aromatic nitrogens is 3. The molecule has 2 unspecified atom stereocenters. The Morgan fingerprint density at radius 2 is 2.06 bits per heavy atom. The highest BCUT2D eigenvalue weighted by Crippen LogP contribution is 2.30. The molecule has 3 heterocycles. The topological polar surface area (TPSA) is 33.4 Å². The van der Waals surface area contributed by atoms with Gasteiger partial charge in [-0.3, -0.25) is 0 Å². The van der Waals surface area contributed by atoms with Crippen LogP contribution in [0.25, 0.3) is 5.65 Å². The molecule has 96 valence electrons. The molecule has 0 radical (unpaired) electrons. The van der Waals surface area contributed by atoms with Crippen molar-refractivity contribution < 1.29 is 0 Å². The van der Waals surface area contributed by atoms with E-state index >= 15 is 0 Å². The molecule has 0 spiro atoms. The Morgan fingerprint density at radius 1 is 1.33 bits per heavy atom. The molecule has 0 amide bonds. The number of halogens is 1. The highest BCUT2D eigenvalue weighted by atomic mass is 79.9. The summed E-state index contributed by atoms with van der Waals surface area (Å²) in [6.45, 7) is 6.60. The third kappa shape index (κ3) is 2.23. The molecule has 1 aliphatic rings. The van der Waals surface area contributed by atoms with Crippen LogP contribution in [0.5, 0.6) is 0 Å². The van der Waals surface area contributed by atoms with Crippen molar-refractivity contribution in [2.75, 3.05) is 18.0 Å². The average molecular weight is 327 g/mol. The van der Waals surface area contributed by atoms with Crippen molar-refractivity contribution in [3.63, 3.8) is 0 Å². The highest BCUT2D eigenvalue weighted by Gasteiger charge is 2.25. The molecular weight excluding hydrogens is 312 g/mol. The summed E-state index contributed by atoms with van der Waals surface area (Å²) in [6.07, 6.45) is 5.72. The van der Waals surface area contributed by atoms with Gasteiger partial charge in [0.1, 0.15) is 4.60 Å². The van der Waals surface area contributed by atoms with Crippen LogP contribution in [0.4, 0.5) is 5.82 Å². The average Bonchev–Trinajstić information content (AvgIpc) is 2.74. The second kappa shape index (κ2) is 4.74. The molecule has 0 aromatic carbocycles. The van der Waals surface area contributed by atoms with Crippen LogP contribution < -0.4 is 4.90 Å². The van der Waals surface area contributed by atoms with Gasteiger partial charge in [-0.15, -0.1) is 0 Å². The predicted octanol–water partition coefficient (Wildman–Crippen LogP) is 2.82. The fourth-order valence-corrected chi connectivity index (χ4v) is 4.16. The summed E-state index contributed by atoms with van der Waals surface area (Å²) in [5.41, 5.74) is 0.935. The molecule has 1 aliphatic heterocycles. The summed E-state index contributed by atoms with van der Waals surface area (Å²) in [6, 6.07) is 0. The van der Waals surface area contributed by atoms with Crippen LogP contribution in [0.1, 0.15) is 13.8 Å². The lowest BCUT2D eigenvalue weighted by molar-refractivity contribution is 0.717. The number of fused-ring (bicyclic) bond motifs is 1. The van der Waals surface area contributed by atoms with Crippen molar-refractivity contribution in [3.8, 4) is 0 Å². The van der Waals surface area contributed by atoms with E-state index < -0.39 is 0 Å². The molecule has 2 aromatic rings. The SMILES string of the molecule is CC1CN(c2nc(Br)cn3ccnc23)CC(C)S1. The van der Waals surface area contributed by atoms with Gasteiger partial charge in [-0.1, -0.05) is 13.8 Å². The lowest BCUT2D eigenvalue weighted by Gasteiger charge is -2.35. The van der Waals surface area contributed by atoms with Crippen LogP contribution in [-0.2, 0) is 0 Å². The Kier molecular flexibility index (Phi) is 3.23. The van der Waals surface area contributed by atoms with Gasteiger partial charge < -0.3 is 9.30 Å².